The molecule has 0 aliphatic rings. The number of aromatic nitrogens is 3. The summed E-state index contributed by atoms with van der Waals surface area (Å²) in [6, 6.07) is 7.75. The first-order valence-electron chi connectivity index (χ1n) is 8.42. The molecule has 0 saturated carbocycles. The van der Waals surface area contributed by atoms with Gasteiger partial charge < -0.3 is 9.47 Å². The summed E-state index contributed by atoms with van der Waals surface area (Å²) in [7, 11) is 1.63. The largest absolute Gasteiger partial charge is 0.497 e. The van der Waals surface area contributed by atoms with Crippen LogP contribution in [0.2, 0.25) is 5.02 Å². The van der Waals surface area contributed by atoms with Crippen LogP contribution >= 0.6 is 11.6 Å². The quantitative estimate of drug-likeness (QED) is 0.613. The summed E-state index contributed by atoms with van der Waals surface area (Å²) < 4.78 is 12.1. The lowest BCUT2D eigenvalue weighted by Crippen LogP contribution is -2.12. The van der Waals surface area contributed by atoms with Crippen molar-refractivity contribution in [1.29, 1.82) is 0 Å². The van der Waals surface area contributed by atoms with Gasteiger partial charge in [0.05, 0.1) is 42.6 Å². The number of esters is 1. The van der Waals surface area contributed by atoms with Gasteiger partial charge in [0.15, 0.2) is 5.65 Å². The van der Waals surface area contributed by atoms with Gasteiger partial charge in [-0.1, -0.05) is 30.7 Å². The molecule has 136 valence electrons. The van der Waals surface area contributed by atoms with Crippen LogP contribution in [0.15, 0.2) is 30.5 Å². The van der Waals surface area contributed by atoms with Crippen molar-refractivity contribution in [2.75, 3.05) is 13.7 Å². The molecule has 6 nitrogen and oxygen atoms in total. The van der Waals surface area contributed by atoms with Crippen LogP contribution in [0.3, 0.4) is 0 Å². The van der Waals surface area contributed by atoms with E-state index in [0.29, 0.717) is 40.3 Å². The number of carbonyl (C=O) groups excluding carboxylic acids is 1. The minimum Gasteiger partial charge on any atom is -0.497 e. The van der Waals surface area contributed by atoms with E-state index < -0.39 is 5.97 Å². The maximum absolute atomic E-state index is 12.3. The number of benzene rings is 1. The number of pyridine rings is 1. The van der Waals surface area contributed by atoms with Crippen molar-refractivity contribution in [2.45, 2.75) is 26.8 Å². The molecule has 2 heterocycles. The molecule has 0 spiro atoms. The van der Waals surface area contributed by atoms with Crippen molar-refractivity contribution < 1.29 is 14.3 Å². The molecule has 0 amide bonds. The third kappa shape index (κ3) is 3.37. The predicted molar refractivity (Wildman–Crippen MR) is 100.0 cm³/mol. The van der Waals surface area contributed by atoms with Gasteiger partial charge in [-0.05, 0) is 31.0 Å². The summed E-state index contributed by atoms with van der Waals surface area (Å²) in [6.45, 7) is 4.51. The molecule has 0 radical (unpaired) electrons. The fourth-order valence-corrected chi connectivity index (χ4v) is 3.10. The van der Waals surface area contributed by atoms with Gasteiger partial charge in [0, 0.05) is 0 Å². The zero-order valence-corrected chi connectivity index (χ0v) is 15.7. The fourth-order valence-electron chi connectivity index (χ4n) is 2.78. The second kappa shape index (κ2) is 7.74. The van der Waals surface area contributed by atoms with Gasteiger partial charge >= 0.3 is 5.97 Å². The minimum absolute atomic E-state index is 0.285. The zero-order valence-electron chi connectivity index (χ0n) is 15.0. The van der Waals surface area contributed by atoms with Crippen LogP contribution in [-0.4, -0.2) is 34.5 Å². The van der Waals surface area contributed by atoms with Gasteiger partial charge in [-0.15, -0.1) is 0 Å². The van der Waals surface area contributed by atoms with Gasteiger partial charge in [0.1, 0.15) is 11.3 Å². The number of nitrogens with zero attached hydrogens (tertiary/aromatic N) is 3. The predicted octanol–water partition coefficient (Wildman–Crippen LogP) is 3.88. The van der Waals surface area contributed by atoms with E-state index in [9.17, 15) is 4.79 Å². The Morgan fingerprint density at radius 2 is 1.96 bits per heavy atom. The van der Waals surface area contributed by atoms with Gasteiger partial charge in [-0.25, -0.2) is 14.5 Å². The van der Waals surface area contributed by atoms with E-state index in [1.165, 1.54) is 0 Å². The highest BCUT2D eigenvalue weighted by atomic mass is 35.5. The number of hydrogen-bond donors (Lipinski definition) is 0. The molecule has 0 atom stereocenters. The van der Waals surface area contributed by atoms with Crippen molar-refractivity contribution in [3.05, 3.63) is 52.3 Å². The van der Waals surface area contributed by atoms with Crippen LogP contribution in [0.5, 0.6) is 5.75 Å². The minimum atomic E-state index is -0.452. The maximum Gasteiger partial charge on any atom is 0.341 e. The van der Waals surface area contributed by atoms with Crippen molar-refractivity contribution in [3.8, 4) is 5.75 Å². The Morgan fingerprint density at radius 1 is 1.23 bits per heavy atom. The molecule has 0 bridgehead atoms. The van der Waals surface area contributed by atoms with Gasteiger partial charge in [0.2, 0.25) is 0 Å². The Hall–Kier alpha value is -2.60. The van der Waals surface area contributed by atoms with Crippen LogP contribution in [0, 0.1) is 0 Å². The number of ether oxygens (including phenoxy) is 2. The first-order valence-corrected chi connectivity index (χ1v) is 8.80. The molecule has 0 N–H and O–H groups in total. The number of fused-ring (bicyclic) bond motifs is 1. The van der Waals surface area contributed by atoms with E-state index in [1.54, 1.807) is 24.9 Å². The Kier molecular flexibility index (Phi) is 5.42. The van der Waals surface area contributed by atoms with E-state index in [1.807, 2.05) is 31.2 Å². The highest BCUT2D eigenvalue weighted by Gasteiger charge is 2.22. The van der Waals surface area contributed by atoms with Crippen molar-refractivity contribution in [2.24, 2.45) is 0 Å². The summed E-state index contributed by atoms with van der Waals surface area (Å²) in [5, 5.41) is 5.38. The molecule has 2 aromatic heterocycles. The Balaban J connectivity index is 2.03. The second-order valence-electron chi connectivity index (χ2n) is 5.71. The van der Waals surface area contributed by atoms with Gasteiger partial charge in [-0.2, -0.15) is 5.10 Å². The second-order valence-corrected chi connectivity index (χ2v) is 6.09. The molecule has 0 aliphatic carbocycles. The lowest BCUT2D eigenvalue weighted by molar-refractivity contribution is 0.0525. The summed E-state index contributed by atoms with van der Waals surface area (Å²) in [4.78, 5) is 16.9. The van der Waals surface area contributed by atoms with E-state index in [2.05, 4.69) is 10.1 Å². The van der Waals surface area contributed by atoms with Crippen molar-refractivity contribution in [1.82, 2.24) is 14.8 Å². The summed E-state index contributed by atoms with van der Waals surface area (Å²) in [6.07, 6.45) is 2.20. The molecule has 0 saturated heterocycles. The van der Waals surface area contributed by atoms with Gasteiger partial charge in [-0.3, -0.25) is 0 Å². The maximum atomic E-state index is 12.3. The lowest BCUT2D eigenvalue weighted by atomic mass is 10.1. The highest BCUT2D eigenvalue weighted by Crippen LogP contribution is 2.29. The number of halogens is 1. The van der Waals surface area contributed by atoms with Crippen molar-refractivity contribution in [3.63, 3.8) is 0 Å². The number of methoxy groups -OCH3 is 1. The third-order valence-corrected chi connectivity index (χ3v) is 4.50. The van der Waals surface area contributed by atoms with E-state index in [-0.39, 0.29) is 6.61 Å². The number of rotatable bonds is 6. The number of carbonyl (C=O) groups is 1. The van der Waals surface area contributed by atoms with E-state index in [4.69, 9.17) is 21.1 Å². The average molecular weight is 374 g/mol. The first-order chi connectivity index (χ1) is 12.6. The normalized spacial score (nSPS) is 10.9. The molecule has 0 fully saturated rings. The molecule has 26 heavy (non-hydrogen) atoms. The average Bonchev–Trinajstić information content (AvgIpc) is 3.05. The summed E-state index contributed by atoms with van der Waals surface area (Å²) >= 11 is 6.50. The standard InChI is InChI=1S/C19H20ClN3O3/c1-4-15-16(19(24)26-5-2)17(20)14-10-21-23(18(14)22-15)11-12-6-8-13(25-3)9-7-12/h6-10H,4-5,11H2,1-3H3. The molecule has 7 heteroatoms. The smallest absolute Gasteiger partial charge is 0.341 e. The molecule has 3 aromatic rings. The van der Waals surface area contributed by atoms with E-state index >= 15 is 0 Å². The third-order valence-electron chi connectivity index (χ3n) is 4.10. The Bertz CT molecular complexity index is 935. The highest BCUT2D eigenvalue weighted by molar-refractivity contribution is 6.38. The number of aryl methyl sites for hydroxylation is 1. The fraction of sp³-hybridized carbons (Fsp3) is 0.316. The monoisotopic (exact) mass is 373 g/mol. The summed E-state index contributed by atoms with van der Waals surface area (Å²) in [5.74, 6) is 0.347. The zero-order chi connectivity index (χ0) is 18.7. The number of hydrogen-bond acceptors (Lipinski definition) is 5. The van der Waals surface area contributed by atoms with Crippen LogP contribution in [-0.2, 0) is 17.7 Å². The first kappa shape index (κ1) is 18.2. The van der Waals surface area contributed by atoms with Crippen LogP contribution < -0.4 is 4.74 Å². The SMILES string of the molecule is CCOC(=O)c1c(CC)nc2c(cnn2Cc2ccc(OC)cc2)c1Cl. The van der Waals surface area contributed by atoms with Crippen LogP contribution in [0.25, 0.3) is 11.0 Å². The van der Waals surface area contributed by atoms with Crippen molar-refractivity contribution >= 4 is 28.6 Å². The van der Waals surface area contributed by atoms with E-state index in [0.717, 1.165) is 11.3 Å². The molecule has 1 aromatic carbocycles. The Morgan fingerprint density at radius 3 is 2.58 bits per heavy atom. The molecular formula is C19H20ClN3O3. The van der Waals surface area contributed by atoms with Crippen LogP contribution in [0.4, 0.5) is 0 Å². The van der Waals surface area contributed by atoms with Gasteiger partial charge in [0.25, 0.3) is 0 Å². The molecule has 0 aliphatic heterocycles. The topological polar surface area (TPSA) is 66.2 Å². The van der Waals surface area contributed by atoms with Crippen LogP contribution in [0.1, 0.15) is 35.5 Å². The molecular weight excluding hydrogens is 354 g/mol. The molecule has 3 rings (SSSR count). The Labute approximate surface area is 156 Å². The lowest BCUT2D eigenvalue weighted by Gasteiger charge is -2.11. The summed E-state index contributed by atoms with van der Waals surface area (Å²) in [5.41, 5.74) is 2.64. The molecule has 0 unspecified atom stereocenters.